The van der Waals surface area contributed by atoms with Crippen molar-refractivity contribution in [2.24, 2.45) is 114 Å². The Balaban J connectivity index is 0.000000195. The smallest absolute Gasteiger partial charge is 0.870 e. The molecule has 0 saturated heterocycles. The Bertz CT molecular complexity index is 3020. The van der Waals surface area contributed by atoms with E-state index in [1.54, 1.807) is 12.1 Å². The van der Waals surface area contributed by atoms with E-state index in [-0.39, 0.29) is 101 Å². The number of carboxylic acid groups (broad SMARTS) is 1. The van der Waals surface area contributed by atoms with Crippen molar-refractivity contribution in [2.45, 2.75) is 210 Å². The number of carbonyl (C=O) groups is 2. The molecule has 0 unspecified atom stereocenters. The molecule has 0 heterocycles. The van der Waals surface area contributed by atoms with Crippen LogP contribution in [0.2, 0.25) is 0 Å². The first-order chi connectivity index (χ1) is 37.7. The number of benzene rings is 2. The van der Waals surface area contributed by atoms with Gasteiger partial charge < -0.3 is 26.8 Å². The van der Waals surface area contributed by atoms with Gasteiger partial charge in [-0.05, 0) is 278 Å². The van der Waals surface area contributed by atoms with E-state index in [0.29, 0.717) is 59.2 Å². The zero-order valence-electron chi connectivity index (χ0n) is 53.6. The van der Waals surface area contributed by atoms with E-state index in [4.69, 9.17) is 16.2 Å². The Morgan fingerprint density at radius 2 is 0.928 bits per heavy atom. The van der Waals surface area contributed by atoms with E-state index >= 15 is 4.39 Å². The van der Waals surface area contributed by atoms with Gasteiger partial charge in [0.25, 0.3) is 0 Å². The number of esters is 1. The average Bonchev–Trinajstić information content (AvgIpc) is 1.69. The molecule has 8 fully saturated rings. The first-order valence-electron chi connectivity index (χ1n) is 32.0. The monoisotopic (exact) mass is 1150 g/mol. The second-order valence-electron chi connectivity index (χ2n) is 32.1. The fourth-order valence-electron chi connectivity index (χ4n) is 24.4. The van der Waals surface area contributed by atoms with Crippen LogP contribution < -0.4 is 41.0 Å². The summed E-state index contributed by atoms with van der Waals surface area (Å²) in [6.07, 6.45) is 26.3. The summed E-state index contributed by atoms with van der Waals surface area (Å²) in [5.74, 6) is 2.90. The number of halogens is 2. The van der Waals surface area contributed by atoms with Gasteiger partial charge in [-0.15, -0.1) is 0 Å². The molecule has 2 aromatic carbocycles. The van der Waals surface area contributed by atoms with Crippen molar-refractivity contribution in [2.75, 3.05) is 7.11 Å². The van der Waals surface area contributed by atoms with Gasteiger partial charge in [-0.2, -0.15) is 0 Å². The third kappa shape index (κ3) is 9.11. The molecule has 0 amide bonds. The molecule has 0 aliphatic heterocycles. The SMILES string of the molecule is C=C(C)[C@@H]1CC[C@]2(N)CC[C@]3(C)[C@H](CC[C@@H]4[C@@]5(C)CC=C(c6ccc(C(=O)O)c(F)c6)C(C)(C)[C@@H]5CC[C@]43C)[C@@H]12.C=C(C)[C@@H]1CC[C@]2(N)CC[C@]3(C)[C@H](CC[C@@H]4[C@@]5(C)CC=C(c6ccc(C(=O)OC)c(F)c6)C(C)(C)[C@@H]5CC[C@]43C)[C@@H]12.[Na+].[OH-]. The molecule has 18 atom stereocenters. The van der Waals surface area contributed by atoms with E-state index in [1.807, 2.05) is 12.1 Å². The fourth-order valence-corrected chi connectivity index (χ4v) is 24.4. The first-order valence-corrected chi connectivity index (χ1v) is 32.0. The van der Waals surface area contributed by atoms with Crippen LogP contribution in [-0.4, -0.2) is 40.7 Å². The number of methoxy groups -OCH3 is 1. The molecule has 0 aromatic heterocycles. The van der Waals surface area contributed by atoms with Crippen LogP contribution in [0.25, 0.3) is 11.1 Å². The summed E-state index contributed by atoms with van der Waals surface area (Å²) < 4.78 is 34.6. The maximum atomic E-state index is 15.0. The minimum Gasteiger partial charge on any atom is -0.870 e. The van der Waals surface area contributed by atoms with Gasteiger partial charge in [0.05, 0.1) is 18.2 Å². The average molecular weight is 1150 g/mol. The molecule has 2 aromatic rings. The van der Waals surface area contributed by atoms with Gasteiger partial charge in [-0.3, -0.25) is 0 Å². The van der Waals surface area contributed by atoms with Gasteiger partial charge in [0.15, 0.2) is 0 Å². The van der Waals surface area contributed by atoms with Gasteiger partial charge in [0.1, 0.15) is 11.6 Å². The zero-order valence-corrected chi connectivity index (χ0v) is 55.6. The minimum absolute atomic E-state index is 0. The number of rotatable bonds is 6. The number of nitrogens with two attached hydrogens (primary N) is 2. The Hall–Kier alpha value is -2.92. The van der Waals surface area contributed by atoms with Crippen molar-refractivity contribution in [3.63, 3.8) is 0 Å². The predicted octanol–water partition coefficient (Wildman–Crippen LogP) is 14.7. The van der Waals surface area contributed by atoms with Crippen LogP contribution >= 0.6 is 0 Å². The number of carbonyl (C=O) groups excluding carboxylic acids is 1. The number of hydrogen-bond acceptors (Lipinski definition) is 6. The number of aromatic carboxylic acids is 1. The maximum Gasteiger partial charge on any atom is 1.00 e. The van der Waals surface area contributed by atoms with Crippen molar-refractivity contribution < 1.29 is 63.2 Å². The summed E-state index contributed by atoms with van der Waals surface area (Å²) in [7, 11) is 1.29. The minimum atomic E-state index is -1.22. The maximum absolute atomic E-state index is 15.0. The van der Waals surface area contributed by atoms with E-state index in [0.717, 1.165) is 49.7 Å². The van der Waals surface area contributed by atoms with Crippen molar-refractivity contribution in [3.05, 3.63) is 107 Å². The van der Waals surface area contributed by atoms with Crippen LogP contribution in [0.4, 0.5) is 8.78 Å². The van der Waals surface area contributed by atoms with Crippen LogP contribution in [-0.2, 0) is 4.74 Å². The Morgan fingerprint density at radius 3 is 1.28 bits per heavy atom. The van der Waals surface area contributed by atoms with Gasteiger partial charge >= 0.3 is 41.5 Å². The molecule has 10 aliphatic carbocycles. The second kappa shape index (κ2) is 21.4. The largest absolute Gasteiger partial charge is 1.00 e. The number of fused-ring (bicyclic) bond motifs is 14. The molecule has 83 heavy (non-hydrogen) atoms. The third-order valence-corrected chi connectivity index (χ3v) is 28.6. The molecule has 450 valence electrons. The van der Waals surface area contributed by atoms with Gasteiger partial charge in [0.2, 0.25) is 0 Å². The van der Waals surface area contributed by atoms with Gasteiger partial charge in [0, 0.05) is 11.1 Å². The van der Waals surface area contributed by atoms with E-state index < -0.39 is 23.6 Å². The molecule has 8 saturated carbocycles. The Kier molecular flexibility index (Phi) is 16.6. The molecule has 7 nitrogen and oxygen atoms in total. The number of ether oxygens (including phenoxy) is 1. The molecule has 0 radical (unpaired) electrons. The summed E-state index contributed by atoms with van der Waals surface area (Å²) in [4.78, 5) is 23.4. The molecule has 0 bridgehead atoms. The number of allylic oxidation sites excluding steroid dienone is 6. The fraction of sp³-hybridized carbons (Fsp3) is 0.699. The molecule has 12 rings (SSSR count). The van der Waals surface area contributed by atoms with Crippen molar-refractivity contribution in [3.8, 4) is 0 Å². The molecule has 0 spiro atoms. The van der Waals surface area contributed by atoms with Crippen molar-refractivity contribution >= 4 is 23.1 Å². The van der Waals surface area contributed by atoms with Crippen LogP contribution in [0, 0.1) is 114 Å². The van der Waals surface area contributed by atoms with Crippen LogP contribution in [0.1, 0.15) is 231 Å². The summed E-state index contributed by atoms with van der Waals surface area (Å²) in [5, 5.41) is 9.34. The predicted molar refractivity (Wildman–Crippen MR) is 327 cm³/mol. The Morgan fingerprint density at radius 1 is 0.542 bits per heavy atom. The molecule has 10 heteroatoms. The summed E-state index contributed by atoms with van der Waals surface area (Å²) >= 11 is 0. The van der Waals surface area contributed by atoms with Gasteiger partial charge in [-0.1, -0.05) is 118 Å². The molecule has 10 aliphatic rings. The standard InChI is InChI=1S/C37H52FNO2.C36H50FNO2.Na.H2O/c1-22(2)24-13-18-37(39)20-19-35(6)27(31(24)37)11-12-30-34(5)16-14-26(33(3,4)29(34)15-17-36(30,35)7)23-9-10-25(28(38)21-23)32(40)41-8;1-21(2)23-12-17-36(38)19-18-34(6)26(30(23)36)10-11-29-33(5)15-13-25(22-8-9-24(31(39)40)27(37)20-22)32(3,4)28(33)14-16-35(29,34)7;;/h9-10,14,21,24,27,29-31H,1,11-13,15-20,39H2,2-8H3;8-9,13,20,23,26,28-30H,1,10-12,14-19,38H2,2-7H3,(H,39,40);;1H2/q;;+1;/p-1/t24-,27+,29-,30+,31+,34-,35+,36+,37-;23-,26+,28-,29+,30+,33-,34+,35+,36-;;/m00../s1. The zero-order chi connectivity index (χ0) is 58.8. The third-order valence-electron chi connectivity index (χ3n) is 28.6. The van der Waals surface area contributed by atoms with E-state index in [1.165, 1.54) is 119 Å². The Labute approximate surface area is 520 Å². The summed E-state index contributed by atoms with van der Waals surface area (Å²) in [6, 6.07) is 9.72. The van der Waals surface area contributed by atoms with Crippen LogP contribution in [0.3, 0.4) is 0 Å². The van der Waals surface area contributed by atoms with Crippen molar-refractivity contribution in [1.82, 2.24) is 0 Å². The molecular formula is C73H103F2N2NaO5. The van der Waals surface area contributed by atoms with Crippen molar-refractivity contribution in [1.29, 1.82) is 0 Å². The van der Waals surface area contributed by atoms with Gasteiger partial charge in [-0.25, -0.2) is 18.4 Å². The molecule has 6 N–H and O–H groups in total. The summed E-state index contributed by atoms with van der Waals surface area (Å²) in [5.41, 5.74) is 22.3. The normalized spacial score (nSPS) is 43.9. The molecular weight excluding hydrogens is 1050 g/mol. The number of hydrogen-bond donors (Lipinski definition) is 3. The number of carboxylic acids is 1. The van der Waals surface area contributed by atoms with Crippen LogP contribution in [0.15, 0.2) is 72.9 Å². The van der Waals surface area contributed by atoms with Crippen LogP contribution in [0.5, 0.6) is 0 Å². The van der Waals surface area contributed by atoms with E-state index in [2.05, 4.69) is 108 Å². The second-order valence-corrected chi connectivity index (χ2v) is 32.1. The first kappa shape index (κ1) is 64.6. The quantitative estimate of drug-likeness (QED) is 0.148. The topological polar surface area (TPSA) is 146 Å². The summed E-state index contributed by atoms with van der Waals surface area (Å²) in [6.45, 7) is 38.6. The van der Waals surface area contributed by atoms with E-state index in [9.17, 15) is 19.1 Å².